The molecule has 0 unspecified atom stereocenters. The number of esters is 1. The summed E-state index contributed by atoms with van der Waals surface area (Å²) >= 11 is 12.1. The molecule has 1 amide bonds. The van der Waals surface area contributed by atoms with E-state index in [0.29, 0.717) is 40.3 Å². The van der Waals surface area contributed by atoms with E-state index in [-0.39, 0.29) is 12.0 Å². The van der Waals surface area contributed by atoms with Gasteiger partial charge in [0.15, 0.2) is 0 Å². The monoisotopic (exact) mass is 382 g/mol. The van der Waals surface area contributed by atoms with E-state index >= 15 is 0 Å². The zero-order valence-corrected chi connectivity index (χ0v) is 15.2. The maximum Gasteiger partial charge on any atom is 0.354 e. The molecule has 0 bridgehead atoms. The second kappa shape index (κ2) is 6.98. The van der Waals surface area contributed by atoms with Gasteiger partial charge >= 0.3 is 5.97 Å². The van der Waals surface area contributed by atoms with Crippen molar-refractivity contribution in [1.82, 2.24) is 9.47 Å². The molecule has 0 N–H and O–H groups in total. The first-order valence-corrected chi connectivity index (χ1v) is 8.32. The lowest BCUT2D eigenvalue weighted by atomic mass is 10.1. The Morgan fingerprint density at radius 1 is 1.12 bits per heavy atom. The molecule has 6 nitrogen and oxygen atoms in total. The summed E-state index contributed by atoms with van der Waals surface area (Å²) in [4.78, 5) is 25.8. The number of halogens is 2. The van der Waals surface area contributed by atoms with Crippen molar-refractivity contribution >= 4 is 35.1 Å². The SMILES string of the molecule is COC(=O)c1ccc(C(=O)N2CC(Oc3cccc(Cl)c3Cl)C2)n1C. The third-order valence-electron chi connectivity index (χ3n) is 4.08. The number of nitrogens with zero attached hydrogens (tertiary/aromatic N) is 2. The molecule has 0 atom stereocenters. The third kappa shape index (κ3) is 3.32. The van der Waals surface area contributed by atoms with Gasteiger partial charge in [-0.15, -0.1) is 0 Å². The van der Waals surface area contributed by atoms with Gasteiger partial charge < -0.3 is 18.9 Å². The van der Waals surface area contributed by atoms with Crippen LogP contribution < -0.4 is 4.74 Å². The topological polar surface area (TPSA) is 60.8 Å². The minimum Gasteiger partial charge on any atom is -0.485 e. The summed E-state index contributed by atoms with van der Waals surface area (Å²) in [5, 5.41) is 0.782. The third-order valence-corrected chi connectivity index (χ3v) is 4.88. The van der Waals surface area contributed by atoms with Crippen molar-refractivity contribution in [2.75, 3.05) is 20.2 Å². The highest BCUT2D eigenvalue weighted by atomic mass is 35.5. The number of hydrogen-bond donors (Lipinski definition) is 0. The van der Waals surface area contributed by atoms with E-state index in [1.54, 1.807) is 42.3 Å². The second-order valence-corrected chi connectivity index (χ2v) is 6.44. The predicted molar refractivity (Wildman–Crippen MR) is 93.5 cm³/mol. The molecule has 1 aliphatic rings. The van der Waals surface area contributed by atoms with Crippen molar-refractivity contribution in [3.05, 3.63) is 51.8 Å². The standard InChI is InChI=1S/C17H16Cl2N2O4/c1-20-12(6-7-13(20)17(23)24-2)16(22)21-8-10(9-21)25-14-5-3-4-11(18)15(14)19/h3-7,10H,8-9H2,1-2H3. The fourth-order valence-corrected chi connectivity index (χ4v) is 2.97. The van der Waals surface area contributed by atoms with Crippen molar-refractivity contribution in [2.24, 2.45) is 7.05 Å². The van der Waals surface area contributed by atoms with Crippen LogP contribution in [0.5, 0.6) is 5.75 Å². The van der Waals surface area contributed by atoms with Crippen LogP contribution in [0.25, 0.3) is 0 Å². The molecule has 0 radical (unpaired) electrons. The van der Waals surface area contributed by atoms with E-state index < -0.39 is 5.97 Å². The number of carbonyl (C=O) groups excluding carboxylic acids is 2. The largest absolute Gasteiger partial charge is 0.485 e. The number of benzene rings is 1. The van der Waals surface area contributed by atoms with Crippen molar-refractivity contribution in [1.29, 1.82) is 0 Å². The number of likely N-dealkylation sites (tertiary alicyclic amines) is 1. The van der Waals surface area contributed by atoms with Crippen LogP contribution in [0.15, 0.2) is 30.3 Å². The van der Waals surface area contributed by atoms with E-state index in [1.807, 2.05) is 0 Å². The van der Waals surface area contributed by atoms with Crippen LogP contribution in [0.3, 0.4) is 0 Å². The smallest absolute Gasteiger partial charge is 0.354 e. The minimum atomic E-state index is -0.484. The highest BCUT2D eigenvalue weighted by Crippen LogP contribution is 2.33. The van der Waals surface area contributed by atoms with Gasteiger partial charge in [0.05, 0.1) is 25.2 Å². The number of aromatic nitrogens is 1. The molecule has 0 spiro atoms. The molecular formula is C17H16Cl2N2O4. The Morgan fingerprint density at radius 3 is 2.48 bits per heavy atom. The molecule has 1 aromatic heterocycles. The fraction of sp³-hybridized carbons (Fsp3) is 0.294. The Balaban J connectivity index is 1.63. The van der Waals surface area contributed by atoms with Gasteiger partial charge in [0, 0.05) is 7.05 Å². The highest BCUT2D eigenvalue weighted by Gasteiger charge is 2.34. The molecule has 1 aliphatic heterocycles. The number of amides is 1. The Labute approximate surface area is 154 Å². The number of ether oxygens (including phenoxy) is 2. The average molecular weight is 383 g/mol. The van der Waals surface area contributed by atoms with Crippen molar-refractivity contribution in [3.63, 3.8) is 0 Å². The van der Waals surface area contributed by atoms with E-state index in [1.165, 1.54) is 11.7 Å². The van der Waals surface area contributed by atoms with Gasteiger partial charge in [0.1, 0.15) is 28.3 Å². The van der Waals surface area contributed by atoms with E-state index in [4.69, 9.17) is 27.9 Å². The zero-order valence-electron chi connectivity index (χ0n) is 13.7. The second-order valence-electron chi connectivity index (χ2n) is 5.66. The van der Waals surface area contributed by atoms with Crippen LogP contribution in [-0.2, 0) is 11.8 Å². The van der Waals surface area contributed by atoms with Crippen LogP contribution in [0.1, 0.15) is 21.0 Å². The number of methoxy groups -OCH3 is 1. The van der Waals surface area contributed by atoms with Crippen LogP contribution in [0.2, 0.25) is 10.0 Å². The zero-order chi connectivity index (χ0) is 18.1. The maximum absolute atomic E-state index is 12.5. The van der Waals surface area contributed by atoms with Gasteiger partial charge in [0.25, 0.3) is 5.91 Å². The van der Waals surface area contributed by atoms with Crippen LogP contribution >= 0.6 is 23.2 Å². The maximum atomic E-state index is 12.5. The number of rotatable bonds is 4. The lowest BCUT2D eigenvalue weighted by molar-refractivity contribution is 0.0171. The summed E-state index contributed by atoms with van der Waals surface area (Å²) in [7, 11) is 2.95. The Bertz CT molecular complexity index is 828. The van der Waals surface area contributed by atoms with E-state index in [2.05, 4.69) is 4.74 Å². The molecule has 3 rings (SSSR count). The Kier molecular flexibility index (Phi) is 4.92. The van der Waals surface area contributed by atoms with Crippen LogP contribution in [-0.4, -0.2) is 47.6 Å². The molecule has 1 fully saturated rings. The number of hydrogen-bond acceptors (Lipinski definition) is 4. The van der Waals surface area contributed by atoms with Gasteiger partial charge in [-0.2, -0.15) is 0 Å². The molecule has 0 aliphatic carbocycles. The number of carbonyl (C=O) groups is 2. The summed E-state index contributed by atoms with van der Waals surface area (Å²) in [6.45, 7) is 0.862. The summed E-state index contributed by atoms with van der Waals surface area (Å²) in [5.41, 5.74) is 0.740. The first-order valence-electron chi connectivity index (χ1n) is 7.56. The van der Waals surface area contributed by atoms with Gasteiger partial charge in [-0.25, -0.2) is 4.79 Å². The van der Waals surface area contributed by atoms with E-state index in [9.17, 15) is 9.59 Å². The van der Waals surface area contributed by atoms with Gasteiger partial charge in [-0.3, -0.25) is 4.79 Å². The van der Waals surface area contributed by atoms with Gasteiger partial charge in [-0.05, 0) is 24.3 Å². The molecule has 1 saturated heterocycles. The lowest BCUT2D eigenvalue weighted by Gasteiger charge is -2.39. The summed E-state index contributed by atoms with van der Waals surface area (Å²) < 4.78 is 12.0. The minimum absolute atomic E-state index is 0.153. The first-order chi connectivity index (χ1) is 11.9. The first kappa shape index (κ1) is 17.6. The molecule has 2 heterocycles. The van der Waals surface area contributed by atoms with Crippen LogP contribution in [0, 0.1) is 0 Å². The fourth-order valence-electron chi connectivity index (χ4n) is 2.63. The van der Waals surface area contributed by atoms with Crippen molar-refractivity contribution < 1.29 is 19.1 Å². The van der Waals surface area contributed by atoms with E-state index in [0.717, 1.165) is 0 Å². The molecule has 1 aromatic carbocycles. The predicted octanol–water partition coefficient (Wildman–Crippen LogP) is 3.02. The van der Waals surface area contributed by atoms with Gasteiger partial charge in [0.2, 0.25) is 0 Å². The van der Waals surface area contributed by atoms with Crippen molar-refractivity contribution in [3.8, 4) is 5.75 Å². The molecule has 0 saturated carbocycles. The molecule has 132 valence electrons. The highest BCUT2D eigenvalue weighted by molar-refractivity contribution is 6.42. The molecule has 8 heteroatoms. The quantitative estimate of drug-likeness (QED) is 0.762. The molecule has 2 aromatic rings. The van der Waals surface area contributed by atoms with Crippen LogP contribution in [0.4, 0.5) is 0 Å². The summed E-state index contributed by atoms with van der Waals surface area (Å²) in [5.74, 6) is -0.158. The lowest BCUT2D eigenvalue weighted by Crippen LogP contribution is -2.56. The molecular weight excluding hydrogens is 367 g/mol. The summed E-state index contributed by atoms with van der Waals surface area (Å²) in [6, 6.07) is 8.35. The average Bonchev–Trinajstić information content (AvgIpc) is 2.94. The molecule has 25 heavy (non-hydrogen) atoms. The van der Waals surface area contributed by atoms with Gasteiger partial charge in [-0.1, -0.05) is 29.3 Å². The Morgan fingerprint density at radius 2 is 1.80 bits per heavy atom. The van der Waals surface area contributed by atoms with Crippen molar-refractivity contribution in [2.45, 2.75) is 6.10 Å². The normalized spacial score (nSPS) is 14.2. The summed E-state index contributed by atoms with van der Waals surface area (Å²) in [6.07, 6.45) is -0.153. The Hall–Kier alpha value is -2.18.